The fourth-order valence-electron chi connectivity index (χ4n) is 7.54. The van der Waals surface area contributed by atoms with Crippen LogP contribution < -0.4 is 4.90 Å². The van der Waals surface area contributed by atoms with Crippen LogP contribution in [0.15, 0.2) is 192 Å². The largest absolute Gasteiger partial charge is 0.454 e. The Hall–Kier alpha value is -6.42. The second kappa shape index (κ2) is 12.2. The van der Waals surface area contributed by atoms with Crippen LogP contribution in [0.1, 0.15) is 0 Å². The molecule has 0 unspecified atom stereocenters. The van der Waals surface area contributed by atoms with Crippen LogP contribution in [0.2, 0.25) is 0 Å². The van der Waals surface area contributed by atoms with E-state index in [4.69, 9.17) is 4.42 Å². The number of furan rings is 1. The van der Waals surface area contributed by atoms with Gasteiger partial charge in [-0.3, -0.25) is 0 Å². The highest BCUT2D eigenvalue weighted by Crippen LogP contribution is 2.47. The van der Waals surface area contributed by atoms with Crippen molar-refractivity contribution in [1.82, 2.24) is 0 Å². The Bertz CT molecular complexity index is 2850. The number of fused-ring (bicyclic) bond motifs is 6. The normalized spacial score (nSPS) is 11.5. The summed E-state index contributed by atoms with van der Waals surface area (Å²) in [6, 6.07) is 67.2. The standard InChI is InChI=1S/C48H31NOS/c1-3-13-32(14-4-1)35-17-11-18-37(31-35)49(36-27-25-34(26-28-36)38-21-12-24-45-46(38)41-20-8-10-23-44(41)51-45)42-30-29-39(33-15-5-2-6-16-33)47-40-19-7-9-22-43(40)50-48(42)47/h1-31H. The molecule has 0 saturated carbocycles. The number of nitrogens with zero attached hydrogens (tertiary/aromatic N) is 1. The molecule has 10 rings (SSSR count). The van der Waals surface area contributed by atoms with Crippen molar-refractivity contribution in [2.45, 2.75) is 0 Å². The predicted molar refractivity (Wildman–Crippen MR) is 218 cm³/mol. The molecule has 2 heterocycles. The molecule has 8 aromatic carbocycles. The first-order valence-corrected chi connectivity index (χ1v) is 18.1. The van der Waals surface area contributed by atoms with Crippen LogP contribution >= 0.6 is 11.3 Å². The van der Waals surface area contributed by atoms with Gasteiger partial charge in [0.15, 0.2) is 5.58 Å². The van der Waals surface area contributed by atoms with Gasteiger partial charge in [-0.1, -0.05) is 140 Å². The van der Waals surface area contributed by atoms with Crippen molar-refractivity contribution in [1.29, 1.82) is 0 Å². The first kappa shape index (κ1) is 29.5. The van der Waals surface area contributed by atoms with Gasteiger partial charge >= 0.3 is 0 Å². The second-order valence-electron chi connectivity index (χ2n) is 12.9. The summed E-state index contributed by atoms with van der Waals surface area (Å²) in [7, 11) is 0. The van der Waals surface area contributed by atoms with Crippen LogP contribution in [-0.4, -0.2) is 0 Å². The van der Waals surface area contributed by atoms with Gasteiger partial charge < -0.3 is 9.32 Å². The summed E-state index contributed by atoms with van der Waals surface area (Å²) in [5.41, 5.74) is 11.9. The third-order valence-corrected chi connectivity index (χ3v) is 11.0. The van der Waals surface area contributed by atoms with Crippen molar-refractivity contribution in [2.24, 2.45) is 0 Å². The third kappa shape index (κ3) is 5.01. The van der Waals surface area contributed by atoms with Crippen molar-refractivity contribution in [3.63, 3.8) is 0 Å². The molecular weight excluding hydrogens is 639 g/mol. The molecule has 240 valence electrons. The Labute approximate surface area is 300 Å². The maximum absolute atomic E-state index is 6.82. The van der Waals surface area contributed by atoms with E-state index in [0.717, 1.165) is 55.7 Å². The van der Waals surface area contributed by atoms with Crippen LogP contribution in [0.3, 0.4) is 0 Å². The summed E-state index contributed by atoms with van der Waals surface area (Å²) in [5.74, 6) is 0. The molecule has 0 aliphatic rings. The summed E-state index contributed by atoms with van der Waals surface area (Å²) in [6.07, 6.45) is 0. The van der Waals surface area contributed by atoms with E-state index in [1.54, 1.807) is 0 Å². The van der Waals surface area contributed by atoms with Gasteiger partial charge in [0.2, 0.25) is 0 Å². The lowest BCUT2D eigenvalue weighted by Gasteiger charge is -2.27. The van der Waals surface area contributed by atoms with E-state index in [1.165, 1.54) is 36.9 Å². The first-order chi connectivity index (χ1) is 25.3. The summed E-state index contributed by atoms with van der Waals surface area (Å²) in [4.78, 5) is 2.34. The highest BCUT2D eigenvalue weighted by Gasteiger charge is 2.23. The predicted octanol–water partition coefficient (Wildman–Crippen LogP) is 14.4. The smallest absolute Gasteiger partial charge is 0.160 e. The summed E-state index contributed by atoms with van der Waals surface area (Å²) in [6.45, 7) is 0. The van der Waals surface area contributed by atoms with E-state index < -0.39 is 0 Å². The van der Waals surface area contributed by atoms with Crippen molar-refractivity contribution in [2.75, 3.05) is 4.90 Å². The fourth-order valence-corrected chi connectivity index (χ4v) is 8.67. The van der Waals surface area contributed by atoms with Gasteiger partial charge in [-0.05, 0) is 81.9 Å². The van der Waals surface area contributed by atoms with Gasteiger partial charge in [-0.2, -0.15) is 0 Å². The Kier molecular flexibility index (Phi) is 7.04. The number of thiophene rings is 1. The third-order valence-electron chi connectivity index (χ3n) is 9.88. The van der Waals surface area contributed by atoms with E-state index in [0.29, 0.717) is 0 Å². The average molecular weight is 670 g/mol. The Morgan fingerprint density at radius 3 is 1.84 bits per heavy atom. The molecule has 0 N–H and O–H groups in total. The number of hydrogen-bond donors (Lipinski definition) is 0. The van der Waals surface area contributed by atoms with Gasteiger partial charge in [0.25, 0.3) is 0 Å². The second-order valence-corrected chi connectivity index (χ2v) is 14.0. The van der Waals surface area contributed by atoms with Crippen molar-refractivity contribution >= 4 is 70.5 Å². The molecule has 10 aromatic rings. The molecule has 0 fully saturated rings. The van der Waals surface area contributed by atoms with Crippen LogP contribution in [0.5, 0.6) is 0 Å². The molecule has 0 bridgehead atoms. The number of hydrogen-bond acceptors (Lipinski definition) is 3. The number of rotatable bonds is 6. The monoisotopic (exact) mass is 669 g/mol. The maximum atomic E-state index is 6.82. The molecule has 2 nitrogen and oxygen atoms in total. The van der Waals surface area contributed by atoms with Crippen LogP contribution in [0.25, 0.3) is 75.5 Å². The highest BCUT2D eigenvalue weighted by molar-refractivity contribution is 7.25. The lowest BCUT2D eigenvalue weighted by Crippen LogP contribution is -2.10. The van der Waals surface area contributed by atoms with Crippen molar-refractivity contribution < 1.29 is 4.42 Å². The number of anilines is 3. The van der Waals surface area contributed by atoms with Gasteiger partial charge in [0, 0.05) is 42.3 Å². The van der Waals surface area contributed by atoms with Crippen molar-refractivity contribution in [3.05, 3.63) is 188 Å². The quantitative estimate of drug-likeness (QED) is 0.175. The number of benzene rings is 8. The fraction of sp³-hybridized carbons (Fsp3) is 0. The van der Waals surface area contributed by atoms with E-state index in [1.807, 2.05) is 17.4 Å². The molecule has 3 heteroatoms. The van der Waals surface area contributed by atoms with Gasteiger partial charge in [0.05, 0.1) is 5.69 Å². The van der Waals surface area contributed by atoms with Crippen LogP contribution in [-0.2, 0) is 0 Å². The maximum Gasteiger partial charge on any atom is 0.160 e. The molecule has 0 aliphatic heterocycles. The van der Waals surface area contributed by atoms with E-state index >= 15 is 0 Å². The first-order valence-electron chi connectivity index (χ1n) is 17.3. The van der Waals surface area contributed by atoms with E-state index in [9.17, 15) is 0 Å². The Morgan fingerprint density at radius 1 is 0.392 bits per heavy atom. The highest BCUT2D eigenvalue weighted by atomic mass is 32.1. The minimum Gasteiger partial charge on any atom is -0.454 e. The Balaban J connectivity index is 1.19. The minimum absolute atomic E-state index is 0.862. The lowest BCUT2D eigenvalue weighted by molar-refractivity contribution is 0.669. The zero-order valence-electron chi connectivity index (χ0n) is 27.7. The van der Waals surface area contributed by atoms with E-state index in [-0.39, 0.29) is 0 Å². The van der Waals surface area contributed by atoms with Crippen LogP contribution in [0, 0.1) is 0 Å². The SMILES string of the molecule is c1ccc(-c2cccc(N(c3ccc(-c4cccc5sc6ccccc6c45)cc3)c3ccc(-c4ccccc4)c4c3oc3ccccc34)c2)cc1. The molecule has 0 aliphatic carbocycles. The van der Waals surface area contributed by atoms with Gasteiger partial charge in [-0.15, -0.1) is 11.3 Å². The summed E-state index contributed by atoms with van der Waals surface area (Å²) < 4.78 is 9.44. The molecule has 0 atom stereocenters. The summed E-state index contributed by atoms with van der Waals surface area (Å²) in [5, 5.41) is 4.85. The molecule has 51 heavy (non-hydrogen) atoms. The Morgan fingerprint density at radius 2 is 1.02 bits per heavy atom. The molecule has 0 radical (unpaired) electrons. The zero-order valence-corrected chi connectivity index (χ0v) is 28.5. The molecule has 2 aromatic heterocycles. The molecule has 0 saturated heterocycles. The van der Waals surface area contributed by atoms with E-state index in [2.05, 4.69) is 187 Å². The minimum atomic E-state index is 0.862. The number of para-hydroxylation sites is 1. The van der Waals surface area contributed by atoms with Crippen LogP contribution in [0.4, 0.5) is 17.1 Å². The van der Waals surface area contributed by atoms with Crippen molar-refractivity contribution in [3.8, 4) is 33.4 Å². The van der Waals surface area contributed by atoms with Gasteiger partial charge in [0.1, 0.15) is 5.58 Å². The zero-order chi connectivity index (χ0) is 33.7. The molecular formula is C48H31NOS. The molecule has 0 spiro atoms. The lowest BCUT2D eigenvalue weighted by atomic mass is 9.97. The summed E-state index contributed by atoms with van der Waals surface area (Å²) >= 11 is 1.86. The average Bonchev–Trinajstić information content (AvgIpc) is 3.79. The topological polar surface area (TPSA) is 16.4 Å². The molecule has 0 amide bonds. The van der Waals surface area contributed by atoms with Gasteiger partial charge in [-0.25, -0.2) is 0 Å².